The van der Waals surface area contributed by atoms with E-state index in [-0.39, 0.29) is 0 Å². The van der Waals surface area contributed by atoms with E-state index in [9.17, 15) is 0 Å². The molecule has 0 radical (unpaired) electrons. The minimum Gasteiger partial charge on any atom is -0.308 e. The van der Waals surface area contributed by atoms with E-state index in [1.807, 2.05) is 6.07 Å². The number of aromatic nitrogens is 2. The second-order valence-electron chi connectivity index (χ2n) is 6.03. The number of nitrogens with one attached hydrogen (secondary N) is 1. The summed E-state index contributed by atoms with van der Waals surface area (Å²) in [5.41, 5.74) is 3.79. The number of nitrogens with two attached hydrogens (primary N) is 1. The standard InChI is InChI=1S/C15H26N4/c1-11(2)9-13-10-14(19-16)18-15(17-13)12-7-5-3-4-6-8-12/h10-12H,3-9,16H2,1-2H3,(H,17,18,19). The molecule has 3 N–H and O–H groups in total. The average Bonchev–Trinajstić information content (AvgIpc) is 2.66. The van der Waals surface area contributed by atoms with Crippen molar-refractivity contribution < 1.29 is 0 Å². The number of anilines is 1. The Morgan fingerprint density at radius 1 is 1.21 bits per heavy atom. The van der Waals surface area contributed by atoms with Gasteiger partial charge in [0.15, 0.2) is 0 Å². The SMILES string of the molecule is CC(C)Cc1cc(NN)nc(C2CCCCCC2)n1. The van der Waals surface area contributed by atoms with Gasteiger partial charge in [-0.05, 0) is 25.2 Å². The van der Waals surface area contributed by atoms with E-state index in [1.54, 1.807) is 0 Å². The molecule has 0 amide bonds. The number of nitrogens with zero attached hydrogens (tertiary/aromatic N) is 2. The molecule has 1 aliphatic carbocycles. The van der Waals surface area contributed by atoms with Gasteiger partial charge in [0, 0.05) is 17.7 Å². The van der Waals surface area contributed by atoms with E-state index < -0.39 is 0 Å². The third kappa shape index (κ3) is 4.16. The molecule has 0 atom stereocenters. The topological polar surface area (TPSA) is 63.8 Å². The Bertz CT molecular complexity index is 395. The Balaban J connectivity index is 2.22. The van der Waals surface area contributed by atoms with Crippen LogP contribution in [0.4, 0.5) is 5.82 Å². The molecule has 0 unspecified atom stereocenters. The highest BCUT2D eigenvalue weighted by molar-refractivity contribution is 5.35. The van der Waals surface area contributed by atoms with Crippen molar-refractivity contribution in [3.63, 3.8) is 0 Å². The summed E-state index contributed by atoms with van der Waals surface area (Å²) < 4.78 is 0. The van der Waals surface area contributed by atoms with Crippen molar-refractivity contribution >= 4 is 5.82 Å². The maximum Gasteiger partial charge on any atom is 0.143 e. The number of hydrogen-bond acceptors (Lipinski definition) is 4. The molecule has 4 heteroatoms. The van der Waals surface area contributed by atoms with Crippen molar-refractivity contribution in [1.82, 2.24) is 9.97 Å². The summed E-state index contributed by atoms with van der Waals surface area (Å²) in [5, 5.41) is 0. The quantitative estimate of drug-likeness (QED) is 0.496. The molecular formula is C15H26N4. The van der Waals surface area contributed by atoms with E-state index >= 15 is 0 Å². The molecule has 2 rings (SSSR count). The highest BCUT2D eigenvalue weighted by Gasteiger charge is 2.18. The van der Waals surface area contributed by atoms with Crippen LogP contribution in [-0.2, 0) is 6.42 Å². The van der Waals surface area contributed by atoms with Crippen LogP contribution in [0.1, 0.15) is 69.8 Å². The minimum atomic E-state index is 0.515. The number of nitrogen functional groups attached to an aromatic ring is 1. The predicted molar refractivity (Wildman–Crippen MR) is 78.8 cm³/mol. The van der Waals surface area contributed by atoms with Crippen molar-refractivity contribution in [1.29, 1.82) is 0 Å². The first-order valence-corrected chi connectivity index (χ1v) is 7.53. The predicted octanol–water partition coefficient (Wildman–Crippen LogP) is 3.40. The van der Waals surface area contributed by atoms with Crippen molar-refractivity contribution in [2.75, 3.05) is 5.43 Å². The summed E-state index contributed by atoms with van der Waals surface area (Å²) >= 11 is 0. The van der Waals surface area contributed by atoms with Gasteiger partial charge < -0.3 is 5.43 Å². The summed E-state index contributed by atoms with van der Waals surface area (Å²) in [6.07, 6.45) is 8.72. The summed E-state index contributed by atoms with van der Waals surface area (Å²) in [6, 6.07) is 1.97. The Morgan fingerprint density at radius 2 is 1.89 bits per heavy atom. The molecule has 1 aliphatic rings. The lowest BCUT2D eigenvalue weighted by molar-refractivity contribution is 0.552. The maximum absolute atomic E-state index is 5.54. The van der Waals surface area contributed by atoms with E-state index in [0.717, 1.165) is 23.8 Å². The number of rotatable bonds is 4. The van der Waals surface area contributed by atoms with Gasteiger partial charge in [-0.25, -0.2) is 15.8 Å². The third-order valence-corrected chi connectivity index (χ3v) is 3.78. The van der Waals surface area contributed by atoms with Crippen molar-refractivity contribution in [2.45, 2.75) is 64.7 Å². The highest BCUT2D eigenvalue weighted by Crippen LogP contribution is 2.30. The normalized spacial score (nSPS) is 17.5. The van der Waals surface area contributed by atoms with Gasteiger partial charge in [-0.1, -0.05) is 39.5 Å². The molecule has 0 aliphatic heterocycles. The molecule has 1 fully saturated rings. The molecule has 0 aromatic carbocycles. The zero-order valence-electron chi connectivity index (χ0n) is 12.2. The molecule has 0 bridgehead atoms. The Hall–Kier alpha value is -1.16. The number of hydrogen-bond donors (Lipinski definition) is 2. The Labute approximate surface area is 116 Å². The van der Waals surface area contributed by atoms with Crippen LogP contribution in [0.2, 0.25) is 0 Å². The highest BCUT2D eigenvalue weighted by atomic mass is 15.3. The molecule has 1 aromatic rings. The molecule has 1 heterocycles. The van der Waals surface area contributed by atoms with Crippen LogP contribution in [0, 0.1) is 5.92 Å². The van der Waals surface area contributed by atoms with E-state index in [4.69, 9.17) is 10.8 Å². The molecule has 0 saturated heterocycles. The van der Waals surface area contributed by atoms with Crippen LogP contribution in [0.5, 0.6) is 0 Å². The van der Waals surface area contributed by atoms with E-state index in [1.165, 1.54) is 38.5 Å². The molecule has 0 spiro atoms. The van der Waals surface area contributed by atoms with Gasteiger partial charge in [-0.3, -0.25) is 0 Å². The molecule has 4 nitrogen and oxygen atoms in total. The monoisotopic (exact) mass is 262 g/mol. The lowest BCUT2D eigenvalue weighted by Gasteiger charge is -2.15. The molecule has 19 heavy (non-hydrogen) atoms. The van der Waals surface area contributed by atoms with Crippen LogP contribution in [0.25, 0.3) is 0 Å². The van der Waals surface area contributed by atoms with Gasteiger partial charge in [0.1, 0.15) is 11.6 Å². The average molecular weight is 262 g/mol. The number of hydrazine groups is 1. The minimum absolute atomic E-state index is 0.515. The van der Waals surface area contributed by atoms with Crippen LogP contribution in [0.3, 0.4) is 0 Å². The lowest BCUT2D eigenvalue weighted by atomic mass is 9.99. The third-order valence-electron chi connectivity index (χ3n) is 3.78. The summed E-state index contributed by atoms with van der Waals surface area (Å²) in [6.45, 7) is 4.42. The van der Waals surface area contributed by atoms with Crippen LogP contribution < -0.4 is 11.3 Å². The Kier molecular flexibility index (Phi) is 5.14. The van der Waals surface area contributed by atoms with Crippen molar-refractivity contribution in [3.05, 3.63) is 17.6 Å². The van der Waals surface area contributed by atoms with E-state index in [2.05, 4.69) is 24.3 Å². The van der Waals surface area contributed by atoms with Gasteiger partial charge in [0.05, 0.1) is 0 Å². The fourth-order valence-electron chi connectivity index (χ4n) is 2.83. The van der Waals surface area contributed by atoms with Gasteiger partial charge in [0.25, 0.3) is 0 Å². The first-order chi connectivity index (χ1) is 9.19. The van der Waals surface area contributed by atoms with Gasteiger partial charge >= 0.3 is 0 Å². The fourth-order valence-corrected chi connectivity index (χ4v) is 2.83. The summed E-state index contributed by atoms with van der Waals surface area (Å²) in [7, 11) is 0. The zero-order valence-corrected chi connectivity index (χ0v) is 12.2. The fraction of sp³-hybridized carbons (Fsp3) is 0.733. The molecule has 1 aromatic heterocycles. The first-order valence-electron chi connectivity index (χ1n) is 7.53. The van der Waals surface area contributed by atoms with Crippen LogP contribution in [0.15, 0.2) is 6.07 Å². The second-order valence-corrected chi connectivity index (χ2v) is 6.03. The van der Waals surface area contributed by atoms with Gasteiger partial charge in [-0.15, -0.1) is 0 Å². The van der Waals surface area contributed by atoms with Crippen LogP contribution >= 0.6 is 0 Å². The summed E-state index contributed by atoms with van der Waals surface area (Å²) in [5.74, 6) is 8.40. The van der Waals surface area contributed by atoms with Gasteiger partial charge in [-0.2, -0.15) is 0 Å². The second kappa shape index (κ2) is 6.85. The largest absolute Gasteiger partial charge is 0.308 e. The van der Waals surface area contributed by atoms with Crippen molar-refractivity contribution in [3.8, 4) is 0 Å². The molecule has 106 valence electrons. The van der Waals surface area contributed by atoms with Gasteiger partial charge in [0.2, 0.25) is 0 Å². The summed E-state index contributed by atoms with van der Waals surface area (Å²) in [4.78, 5) is 9.36. The smallest absolute Gasteiger partial charge is 0.143 e. The maximum atomic E-state index is 5.54. The Morgan fingerprint density at radius 3 is 2.47 bits per heavy atom. The van der Waals surface area contributed by atoms with E-state index in [0.29, 0.717) is 11.8 Å². The van der Waals surface area contributed by atoms with Crippen molar-refractivity contribution in [2.24, 2.45) is 11.8 Å². The zero-order chi connectivity index (χ0) is 13.7. The molecular weight excluding hydrogens is 236 g/mol. The first kappa shape index (κ1) is 14.3. The van der Waals surface area contributed by atoms with Crippen LogP contribution in [-0.4, -0.2) is 9.97 Å². The lowest BCUT2D eigenvalue weighted by Crippen LogP contribution is -2.14. The molecule has 1 saturated carbocycles.